The van der Waals surface area contributed by atoms with Gasteiger partial charge in [-0.1, -0.05) is 25.0 Å². The van der Waals surface area contributed by atoms with Gasteiger partial charge in [-0.2, -0.15) is 0 Å². The first kappa shape index (κ1) is 13.4. The fourth-order valence-electron chi connectivity index (χ4n) is 3.29. The van der Waals surface area contributed by atoms with Gasteiger partial charge in [-0.3, -0.25) is 0 Å². The molecule has 0 spiro atoms. The summed E-state index contributed by atoms with van der Waals surface area (Å²) in [6, 6.07) is 9.49. The van der Waals surface area contributed by atoms with Gasteiger partial charge in [0.15, 0.2) is 0 Å². The van der Waals surface area contributed by atoms with E-state index in [0.717, 1.165) is 13.1 Å². The third-order valence-corrected chi connectivity index (χ3v) is 4.25. The number of benzene rings is 1. The molecule has 18 heavy (non-hydrogen) atoms. The molecule has 2 atom stereocenters. The number of aryl methyl sites for hydroxylation is 1. The molecule has 0 radical (unpaired) electrons. The van der Waals surface area contributed by atoms with Crippen molar-refractivity contribution >= 4 is 5.69 Å². The Labute approximate surface area is 111 Å². The van der Waals surface area contributed by atoms with Gasteiger partial charge in [0.05, 0.1) is 0 Å². The number of nitrogens with zero attached hydrogens (tertiary/aromatic N) is 1. The molecule has 100 valence electrons. The molecule has 2 heteroatoms. The molecule has 2 unspecified atom stereocenters. The van der Waals surface area contributed by atoms with E-state index in [2.05, 4.69) is 43.0 Å². The maximum absolute atomic E-state index is 5.97. The summed E-state index contributed by atoms with van der Waals surface area (Å²) >= 11 is 0. The zero-order valence-electron chi connectivity index (χ0n) is 11.7. The third kappa shape index (κ3) is 2.86. The summed E-state index contributed by atoms with van der Waals surface area (Å²) in [7, 11) is 0. The molecule has 0 amide bonds. The van der Waals surface area contributed by atoms with Crippen molar-refractivity contribution in [3.8, 4) is 0 Å². The third-order valence-electron chi connectivity index (χ3n) is 4.25. The van der Waals surface area contributed by atoms with Crippen LogP contribution in [-0.4, -0.2) is 19.1 Å². The number of hydrogen-bond acceptors (Lipinski definition) is 2. The zero-order chi connectivity index (χ0) is 13.0. The van der Waals surface area contributed by atoms with Crippen LogP contribution >= 0.6 is 0 Å². The fraction of sp³-hybridized carbons (Fsp3) is 0.625. The van der Waals surface area contributed by atoms with Crippen molar-refractivity contribution in [2.75, 3.05) is 18.0 Å². The lowest BCUT2D eigenvalue weighted by Gasteiger charge is -2.40. The van der Waals surface area contributed by atoms with Gasteiger partial charge in [-0.15, -0.1) is 0 Å². The van der Waals surface area contributed by atoms with Crippen molar-refractivity contribution < 1.29 is 0 Å². The van der Waals surface area contributed by atoms with Gasteiger partial charge in [0, 0.05) is 18.3 Å². The quantitative estimate of drug-likeness (QED) is 0.883. The van der Waals surface area contributed by atoms with Crippen LogP contribution in [0, 0.1) is 12.8 Å². The van der Waals surface area contributed by atoms with Crippen LogP contribution in [-0.2, 0) is 0 Å². The van der Waals surface area contributed by atoms with Crippen LogP contribution in [0.2, 0.25) is 0 Å². The highest BCUT2D eigenvalue weighted by Crippen LogP contribution is 2.31. The Hall–Kier alpha value is -1.02. The van der Waals surface area contributed by atoms with Crippen LogP contribution in [0.1, 0.15) is 38.2 Å². The lowest BCUT2D eigenvalue weighted by Crippen LogP contribution is -2.45. The first-order valence-corrected chi connectivity index (χ1v) is 7.29. The van der Waals surface area contributed by atoms with Gasteiger partial charge in [-0.25, -0.2) is 0 Å². The van der Waals surface area contributed by atoms with E-state index in [4.69, 9.17) is 5.73 Å². The SMILES string of the molecule is CCN(c1cccc(C)c1)C1CCCCC1CN. The standard InChI is InChI=1S/C16H26N2/c1-3-18(15-9-6-7-13(2)11-15)16-10-5-4-8-14(16)12-17/h6-7,9,11,14,16H,3-5,8,10,12,17H2,1-2H3. The minimum Gasteiger partial charge on any atom is -0.368 e. The van der Waals surface area contributed by atoms with Crippen LogP contribution in [0.5, 0.6) is 0 Å². The first-order valence-electron chi connectivity index (χ1n) is 7.29. The molecule has 2 nitrogen and oxygen atoms in total. The van der Waals surface area contributed by atoms with Crippen molar-refractivity contribution in [2.24, 2.45) is 11.7 Å². The molecular weight excluding hydrogens is 220 g/mol. The molecule has 1 aromatic carbocycles. The predicted molar refractivity (Wildman–Crippen MR) is 79.0 cm³/mol. The van der Waals surface area contributed by atoms with E-state index in [1.54, 1.807) is 0 Å². The Balaban J connectivity index is 2.21. The molecule has 1 fully saturated rings. The van der Waals surface area contributed by atoms with Crippen LogP contribution in [0.15, 0.2) is 24.3 Å². The minimum atomic E-state index is 0.635. The van der Waals surface area contributed by atoms with E-state index in [-0.39, 0.29) is 0 Å². The van der Waals surface area contributed by atoms with E-state index in [0.29, 0.717) is 12.0 Å². The summed E-state index contributed by atoms with van der Waals surface area (Å²) in [5.41, 5.74) is 8.67. The lowest BCUT2D eigenvalue weighted by atomic mass is 9.83. The Morgan fingerprint density at radius 3 is 2.72 bits per heavy atom. The van der Waals surface area contributed by atoms with Gasteiger partial charge in [-0.05, 0) is 56.8 Å². The van der Waals surface area contributed by atoms with E-state index in [1.165, 1.54) is 36.9 Å². The van der Waals surface area contributed by atoms with Crippen molar-refractivity contribution in [3.63, 3.8) is 0 Å². The van der Waals surface area contributed by atoms with E-state index in [9.17, 15) is 0 Å². The largest absolute Gasteiger partial charge is 0.368 e. The summed E-state index contributed by atoms with van der Waals surface area (Å²) in [4.78, 5) is 2.56. The van der Waals surface area contributed by atoms with Crippen LogP contribution in [0.25, 0.3) is 0 Å². The number of hydrogen-bond donors (Lipinski definition) is 1. The Bertz CT molecular complexity index is 375. The molecule has 1 aliphatic carbocycles. The number of rotatable bonds is 4. The summed E-state index contributed by atoms with van der Waals surface area (Å²) in [5.74, 6) is 0.666. The monoisotopic (exact) mass is 246 g/mol. The molecular formula is C16H26N2. The topological polar surface area (TPSA) is 29.3 Å². The van der Waals surface area contributed by atoms with Gasteiger partial charge < -0.3 is 10.6 Å². The Morgan fingerprint density at radius 1 is 1.28 bits per heavy atom. The number of anilines is 1. The van der Waals surface area contributed by atoms with E-state index in [1.807, 2.05) is 0 Å². The second-order valence-corrected chi connectivity index (χ2v) is 5.47. The maximum atomic E-state index is 5.97. The second-order valence-electron chi connectivity index (χ2n) is 5.47. The highest BCUT2D eigenvalue weighted by Gasteiger charge is 2.28. The molecule has 2 rings (SSSR count). The van der Waals surface area contributed by atoms with Gasteiger partial charge in [0.2, 0.25) is 0 Å². The highest BCUT2D eigenvalue weighted by atomic mass is 15.2. The van der Waals surface area contributed by atoms with E-state index >= 15 is 0 Å². The molecule has 2 N–H and O–H groups in total. The Kier molecular flexibility index (Phi) is 4.65. The van der Waals surface area contributed by atoms with Crippen LogP contribution in [0.3, 0.4) is 0 Å². The average molecular weight is 246 g/mol. The van der Waals surface area contributed by atoms with Gasteiger partial charge in [0.1, 0.15) is 0 Å². The molecule has 0 heterocycles. The smallest absolute Gasteiger partial charge is 0.0371 e. The highest BCUT2D eigenvalue weighted by molar-refractivity contribution is 5.49. The second kappa shape index (κ2) is 6.24. The Morgan fingerprint density at radius 2 is 2.06 bits per heavy atom. The van der Waals surface area contributed by atoms with Gasteiger partial charge >= 0.3 is 0 Å². The van der Waals surface area contributed by atoms with Crippen molar-refractivity contribution in [1.29, 1.82) is 0 Å². The number of nitrogens with two attached hydrogens (primary N) is 1. The first-order chi connectivity index (χ1) is 8.76. The zero-order valence-corrected chi connectivity index (χ0v) is 11.7. The lowest BCUT2D eigenvalue weighted by molar-refractivity contribution is 0.300. The van der Waals surface area contributed by atoms with Crippen molar-refractivity contribution in [3.05, 3.63) is 29.8 Å². The van der Waals surface area contributed by atoms with Gasteiger partial charge in [0.25, 0.3) is 0 Å². The van der Waals surface area contributed by atoms with Crippen molar-refractivity contribution in [1.82, 2.24) is 0 Å². The molecule has 1 saturated carbocycles. The summed E-state index contributed by atoms with van der Waals surface area (Å²) in [6.07, 6.45) is 5.29. The summed E-state index contributed by atoms with van der Waals surface area (Å²) < 4.78 is 0. The van der Waals surface area contributed by atoms with Crippen LogP contribution < -0.4 is 10.6 Å². The van der Waals surface area contributed by atoms with Crippen molar-refractivity contribution in [2.45, 2.75) is 45.6 Å². The predicted octanol–water partition coefficient (Wildman–Crippen LogP) is 3.34. The normalized spacial score (nSPS) is 23.9. The molecule has 0 bridgehead atoms. The fourth-order valence-corrected chi connectivity index (χ4v) is 3.29. The summed E-state index contributed by atoms with van der Waals surface area (Å²) in [6.45, 7) is 6.32. The molecule has 0 aliphatic heterocycles. The van der Waals surface area contributed by atoms with E-state index < -0.39 is 0 Å². The average Bonchev–Trinajstić information content (AvgIpc) is 2.40. The molecule has 0 saturated heterocycles. The molecule has 1 aromatic rings. The molecule has 0 aromatic heterocycles. The minimum absolute atomic E-state index is 0.635. The summed E-state index contributed by atoms with van der Waals surface area (Å²) in [5, 5.41) is 0. The molecule has 1 aliphatic rings. The maximum Gasteiger partial charge on any atom is 0.0371 e. The van der Waals surface area contributed by atoms with Crippen LogP contribution in [0.4, 0.5) is 5.69 Å².